The maximum atomic E-state index is 6.44. The fourth-order valence-electron chi connectivity index (χ4n) is 7.22. The maximum Gasteiger partial charge on any atom is 0.278 e. The molecule has 0 bridgehead atoms. The van der Waals surface area contributed by atoms with Gasteiger partial charge in [-0.15, -0.1) is 0 Å². The third kappa shape index (κ3) is 7.29. The van der Waals surface area contributed by atoms with Crippen molar-refractivity contribution in [3.8, 4) is 66.8 Å². The van der Waals surface area contributed by atoms with Crippen LogP contribution in [0.4, 0.5) is 11.4 Å². The van der Waals surface area contributed by atoms with Crippen molar-refractivity contribution in [2.24, 2.45) is 9.98 Å². The highest BCUT2D eigenvalue weighted by Crippen LogP contribution is 2.45. The molecule has 0 amide bonds. The Bertz CT molecular complexity index is 2330. The van der Waals surface area contributed by atoms with Crippen LogP contribution >= 0.6 is 0 Å². The van der Waals surface area contributed by atoms with Crippen molar-refractivity contribution in [1.82, 2.24) is 0 Å². The minimum absolute atomic E-state index is 0.336. The molecule has 56 heavy (non-hydrogen) atoms. The van der Waals surface area contributed by atoms with Gasteiger partial charge >= 0.3 is 0 Å². The summed E-state index contributed by atoms with van der Waals surface area (Å²) in [5, 5.41) is 0. The fraction of sp³-hybridized carbons (Fsp3) is 0.0385. The molecule has 0 spiro atoms. The summed E-state index contributed by atoms with van der Waals surface area (Å²) in [6.07, 6.45) is 0. The minimum Gasteiger partial charge on any atom is -0.470 e. The Balaban J connectivity index is 1.30. The van der Waals surface area contributed by atoms with Crippen LogP contribution in [0, 0.1) is 0 Å². The summed E-state index contributed by atoms with van der Waals surface area (Å²) in [6, 6.07) is 71.5. The standard InChI is InChI=1S/C52H38N2O2/c1-7-19-37(20-8-1)43-33-45(39-23-11-3-12-24-39)49(46(34-43)40-25-13-4-14-26-40)53-51-52(56-32-31-55-51)54-50-47(41-27-15-5-16-28-41)35-44(38-21-9-2-10-22-38)36-48(50)42-29-17-6-18-30-42/h1-30,33-36H,31-32H2/b53-51-,54-52-. The molecule has 0 saturated carbocycles. The second-order valence-corrected chi connectivity index (χ2v) is 13.6. The number of rotatable bonds is 8. The van der Waals surface area contributed by atoms with Crippen molar-refractivity contribution < 1.29 is 9.47 Å². The van der Waals surface area contributed by atoms with E-state index in [4.69, 9.17) is 19.5 Å². The highest BCUT2D eigenvalue weighted by atomic mass is 16.6. The van der Waals surface area contributed by atoms with Crippen molar-refractivity contribution in [1.29, 1.82) is 0 Å². The number of hydrogen-bond donors (Lipinski definition) is 0. The van der Waals surface area contributed by atoms with Crippen LogP contribution in [0.3, 0.4) is 0 Å². The highest BCUT2D eigenvalue weighted by Gasteiger charge is 2.25. The lowest BCUT2D eigenvalue weighted by atomic mass is 9.91. The van der Waals surface area contributed by atoms with Crippen LogP contribution in [0.5, 0.6) is 0 Å². The molecule has 4 heteroatoms. The molecule has 268 valence electrons. The first-order valence-electron chi connectivity index (χ1n) is 18.9. The van der Waals surface area contributed by atoms with E-state index in [1.165, 1.54) is 0 Å². The van der Waals surface area contributed by atoms with Crippen LogP contribution < -0.4 is 0 Å². The maximum absolute atomic E-state index is 6.44. The smallest absolute Gasteiger partial charge is 0.278 e. The van der Waals surface area contributed by atoms with E-state index in [2.05, 4.69) is 170 Å². The molecule has 0 aromatic heterocycles. The predicted molar refractivity (Wildman–Crippen MR) is 232 cm³/mol. The first-order chi connectivity index (χ1) is 27.8. The van der Waals surface area contributed by atoms with Gasteiger partial charge in [0.2, 0.25) is 0 Å². The molecule has 8 aromatic carbocycles. The van der Waals surface area contributed by atoms with Crippen molar-refractivity contribution in [2.45, 2.75) is 0 Å². The molecule has 1 heterocycles. The van der Waals surface area contributed by atoms with Crippen molar-refractivity contribution in [2.75, 3.05) is 13.2 Å². The molecule has 9 rings (SSSR count). The SMILES string of the molecule is c1ccc(-c2cc(-c3ccccc3)c(/N=C3\OCCO\C3=N/c3c(-c4ccccc4)cc(-c4ccccc4)cc3-c3ccccc3)c(-c3ccccc3)c2)cc1. The van der Waals surface area contributed by atoms with Crippen molar-refractivity contribution >= 4 is 23.2 Å². The lowest BCUT2D eigenvalue weighted by Crippen LogP contribution is -2.29. The van der Waals surface area contributed by atoms with Gasteiger partial charge in [-0.2, -0.15) is 0 Å². The second-order valence-electron chi connectivity index (χ2n) is 13.6. The average Bonchev–Trinajstić information content (AvgIpc) is 3.29. The van der Waals surface area contributed by atoms with Gasteiger partial charge in [0.25, 0.3) is 11.8 Å². The van der Waals surface area contributed by atoms with Crippen molar-refractivity contribution in [3.05, 3.63) is 206 Å². The van der Waals surface area contributed by atoms with Gasteiger partial charge in [-0.25, -0.2) is 9.98 Å². The Morgan fingerprint density at radius 1 is 0.268 bits per heavy atom. The zero-order valence-electron chi connectivity index (χ0n) is 30.8. The molecule has 0 radical (unpaired) electrons. The Labute approximate surface area is 327 Å². The number of benzene rings is 8. The van der Waals surface area contributed by atoms with Crippen LogP contribution in [0.2, 0.25) is 0 Å². The molecule has 1 aliphatic heterocycles. The monoisotopic (exact) mass is 722 g/mol. The molecule has 1 aliphatic rings. The average molecular weight is 723 g/mol. The van der Waals surface area contributed by atoms with Gasteiger partial charge in [-0.3, -0.25) is 0 Å². The highest BCUT2D eigenvalue weighted by molar-refractivity contribution is 6.37. The predicted octanol–water partition coefficient (Wildman–Crippen LogP) is 13.5. The van der Waals surface area contributed by atoms with Gasteiger partial charge in [-0.05, 0) is 68.8 Å². The van der Waals surface area contributed by atoms with Crippen LogP contribution in [0.15, 0.2) is 216 Å². The first kappa shape index (κ1) is 34.5. The normalized spacial score (nSPS) is 13.9. The van der Waals surface area contributed by atoms with Gasteiger partial charge in [0, 0.05) is 22.3 Å². The lowest BCUT2D eigenvalue weighted by Gasteiger charge is -2.22. The van der Waals surface area contributed by atoms with Gasteiger partial charge in [0.15, 0.2) is 0 Å². The second kappa shape index (κ2) is 16.0. The fourth-order valence-corrected chi connectivity index (χ4v) is 7.22. The molecule has 1 fully saturated rings. The van der Waals surface area contributed by atoms with E-state index < -0.39 is 0 Å². The van der Waals surface area contributed by atoms with Gasteiger partial charge in [-0.1, -0.05) is 182 Å². The first-order valence-corrected chi connectivity index (χ1v) is 18.9. The lowest BCUT2D eigenvalue weighted by molar-refractivity contribution is 0.173. The molecular formula is C52H38N2O2. The Hall–Kier alpha value is -7.30. The Kier molecular flexibility index (Phi) is 9.83. The third-order valence-corrected chi connectivity index (χ3v) is 9.94. The van der Waals surface area contributed by atoms with E-state index in [1.807, 2.05) is 36.4 Å². The summed E-state index contributed by atoms with van der Waals surface area (Å²) in [5.74, 6) is 0.673. The summed E-state index contributed by atoms with van der Waals surface area (Å²) in [7, 11) is 0. The van der Waals surface area contributed by atoms with E-state index in [0.29, 0.717) is 25.0 Å². The number of aliphatic imine (C=N–C) groups is 2. The number of hydrogen-bond acceptors (Lipinski definition) is 4. The number of ether oxygens (including phenoxy) is 2. The van der Waals surface area contributed by atoms with Crippen LogP contribution in [0.1, 0.15) is 0 Å². The molecule has 4 nitrogen and oxygen atoms in total. The summed E-state index contributed by atoms with van der Waals surface area (Å²) >= 11 is 0. The molecular weight excluding hydrogens is 685 g/mol. The zero-order chi connectivity index (χ0) is 37.5. The number of nitrogens with zero attached hydrogens (tertiary/aromatic N) is 2. The Morgan fingerprint density at radius 3 is 0.750 bits per heavy atom. The topological polar surface area (TPSA) is 43.2 Å². The summed E-state index contributed by atoms with van der Waals surface area (Å²) in [4.78, 5) is 10.8. The molecule has 0 unspecified atom stereocenters. The molecule has 8 aromatic rings. The van der Waals surface area contributed by atoms with Crippen LogP contribution in [0.25, 0.3) is 66.8 Å². The van der Waals surface area contributed by atoms with Gasteiger partial charge in [0.05, 0.1) is 11.4 Å². The molecule has 0 aliphatic carbocycles. The summed E-state index contributed by atoms with van der Waals surface area (Å²) in [5.41, 5.74) is 14.1. The molecule has 1 saturated heterocycles. The van der Waals surface area contributed by atoms with Crippen LogP contribution in [-0.2, 0) is 9.47 Å². The van der Waals surface area contributed by atoms with E-state index in [1.54, 1.807) is 0 Å². The third-order valence-electron chi connectivity index (χ3n) is 9.94. The van der Waals surface area contributed by atoms with Crippen molar-refractivity contribution in [3.63, 3.8) is 0 Å². The van der Waals surface area contributed by atoms with E-state index in [-0.39, 0.29) is 0 Å². The summed E-state index contributed by atoms with van der Waals surface area (Å²) < 4.78 is 12.9. The van der Waals surface area contributed by atoms with E-state index >= 15 is 0 Å². The largest absolute Gasteiger partial charge is 0.470 e. The molecule has 0 N–H and O–H groups in total. The molecule has 0 atom stereocenters. The van der Waals surface area contributed by atoms with E-state index in [0.717, 1.165) is 78.1 Å². The minimum atomic E-state index is 0.336. The summed E-state index contributed by atoms with van der Waals surface area (Å²) in [6.45, 7) is 0.705. The quantitative estimate of drug-likeness (QED) is 0.157. The van der Waals surface area contributed by atoms with E-state index in [9.17, 15) is 0 Å². The Morgan fingerprint density at radius 2 is 0.500 bits per heavy atom. The van der Waals surface area contributed by atoms with Gasteiger partial charge in [0.1, 0.15) is 13.2 Å². The zero-order valence-corrected chi connectivity index (χ0v) is 30.8. The van der Waals surface area contributed by atoms with Crippen LogP contribution in [-0.4, -0.2) is 25.0 Å². The van der Waals surface area contributed by atoms with Gasteiger partial charge < -0.3 is 9.47 Å².